The normalized spacial score (nSPS) is 11.6. The lowest BCUT2D eigenvalue weighted by atomic mass is 10.0. The fourth-order valence-electron chi connectivity index (χ4n) is 3.12. The monoisotopic (exact) mass is 434 g/mol. The third-order valence-electron chi connectivity index (χ3n) is 4.75. The molecule has 8 nitrogen and oxygen atoms in total. The Morgan fingerprint density at radius 3 is 2.53 bits per heavy atom. The quantitative estimate of drug-likeness (QED) is 0.589. The summed E-state index contributed by atoms with van der Waals surface area (Å²) in [5.41, 5.74) is 7.10. The Bertz CT molecular complexity index is 1190. The molecule has 0 fully saturated rings. The van der Waals surface area contributed by atoms with Gasteiger partial charge in [0.05, 0.1) is 17.2 Å². The van der Waals surface area contributed by atoms with Gasteiger partial charge in [0.15, 0.2) is 0 Å². The number of nitrogens with two attached hydrogens (primary N) is 1. The fraction of sp³-hybridized carbons (Fsp3) is 0.300. The van der Waals surface area contributed by atoms with Crippen molar-refractivity contribution in [2.45, 2.75) is 12.8 Å². The molecule has 3 rings (SSSR count). The van der Waals surface area contributed by atoms with Gasteiger partial charge in [-0.25, -0.2) is 12.8 Å². The van der Waals surface area contributed by atoms with Gasteiger partial charge in [-0.2, -0.15) is 4.98 Å². The average Bonchev–Trinajstić information content (AvgIpc) is 3.08. The van der Waals surface area contributed by atoms with Gasteiger partial charge in [-0.1, -0.05) is 0 Å². The number of fused-ring (bicyclic) bond motifs is 1. The van der Waals surface area contributed by atoms with Crippen molar-refractivity contribution in [2.24, 2.45) is 5.73 Å². The first kappa shape index (κ1) is 21.7. The molecule has 160 valence electrons. The number of nitrogens with one attached hydrogen (secondary N) is 1. The van der Waals surface area contributed by atoms with E-state index in [0.29, 0.717) is 35.9 Å². The summed E-state index contributed by atoms with van der Waals surface area (Å²) in [6, 6.07) is 7.23. The summed E-state index contributed by atoms with van der Waals surface area (Å²) < 4.78 is 44.5. The number of pyridine rings is 1. The van der Waals surface area contributed by atoms with Crippen LogP contribution in [0.2, 0.25) is 0 Å². The van der Waals surface area contributed by atoms with Crippen molar-refractivity contribution in [3.05, 3.63) is 47.3 Å². The van der Waals surface area contributed by atoms with Gasteiger partial charge in [-0.05, 0) is 55.3 Å². The number of aromatic nitrogens is 1. The van der Waals surface area contributed by atoms with E-state index in [9.17, 15) is 17.6 Å². The molecular formula is C20H23FN4O4S. The number of carbonyl (C=O) groups excluding carboxylic acids is 1. The minimum Gasteiger partial charge on any atom is -0.437 e. The maximum absolute atomic E-state index is 13.4. The van der Waals surface area contributed by atoms with Crippen molar-refractivity contribution >= 4 is 32.8 Å². The van der Waals surface area contributed by atoms with Gasteiger partial charge in [-0.3, -0.25) is 9.10 Å². The molecule has 0 atom stereocenters. The molecule has 0 aliphatic carbocycles. The molecule has 0 spiro atoms. The van der Waals surface area contributed by atoms with Crippen LogP contribution in [0.3, 0.4) is 0 Å². The lowest BCUT2D eigenvalue weighted by Crippen LogP contribution is -2.27. The van der Waals surface area contributed by atoms with E-state index in [4.69, 9.17) is 10.2 Å². The van der Waals surface area contributed by atoms with Gasteiger partial charge < -0.3 is 15.5 Å². The first-order chi connectivity index (χ1) is 14.2. The van der Waals surface area contributed by atoms with Gasteiger partial charge in [0.25, 0.3) is 5.91 Å². The number of nitrogens with zero attached hydrogens (tertiary/aromatic N) is 2. The first-order valence-electron chi connectivity index (χ1n) is 9.25. The van der Waals surface area contributed by atoms with E-state index in [1.54, 1.807) is 6.07 Å². The van der Waals surface area contributed by atoms with Crippen molar-refractivity contribution in [1.82, 2.24) is 10.3 Å². The van der Waals surface area contributed by atoms with Crippen LogP contribution in [-0.2, 0) is 16.4 Å². The topological polar surface area (TPSA) is 119 Å². The number of furan rings is 1. The number of carbonyl (C=O) groups is 1. The predicted molar refractivity (Wildman–Crippen MR) is 113 cm³/mol. The Kier molecular flexibility index (Phi) is 6.09. The number of sulfonamides is 1. The number of anilines is 1. The second-order valence-corrected chi connectivity index (χ2v) is 8.85. The van der Waals surface area contributed by atoms with Gasteiger partial charge in [0.1, 0.15) is 17.4 Å². The van der Waals surface area contributed by atoms with Gasteiger partial charge in [0, 0.05) is 19.7 Å². The zero-order valence-electron chi connectivity index (χ0n) is 16.9. The van der Waals surface area contributed by atoms with E-state index in [0.717, 1.165) is 10.6 Å². The Morgan fingerprint density at radius 1 is 1.30 bits per heavy atom. The van der Waals surface area contributed by atoms with Crippen molar-refractivity contribution in [1.29, 1.82) is 0 Å². The molecule has 2 heterocycles. The fourth-order valence-corrected chi connectivity index (χ4v) is 3.59. The highest BCUT2D eigenvalue weighted by Gasteiger charge is 2.26. The van der Waals surface area contributed by atoms with Crippen LogP contribution in [0.5, 0.6) is 0 Å². The molecule has 0 aliphatic rings. The summed E-state index contributed by atoms with van der Waals surface area (Å²) in [4.78, 5) is 17.1. The second kappa shape index (κ2) is 8.41. The second-order valence-electron chi connectivity index (χ2n) is 6.84. The van der Waals surface area contributed by atoms with Crippen molar-refractivity contribution < 1.29 is 22.0 Å². The molecule has 0 saturated heterocycles. The summed E-state index contributed by atoms with van der Waals surface area (Å²) in [7, 11) is -0.684. The van der Waals surface area contributed by atoms with Gasteiger partial charge in [0.2, 0.25) is 15.7 Å². The number of aryl methyl sites for hydroxylation is 1. The van der Waals surface area contributed by atoms with E-state index in [2.05, 4.69) is 10.3 Å². The van der Waals surface area contributed by atoms with Crippen molar-refractivity contribution in [3.8, 4) is 11.3 Å². The molecule has 0 bridgehead atoms. The third kappa shape index (κ3) is 4.14. The van der Waals surface area contributed by atoms with E-state index < -0.39 is 21.7 Å². The highest BCUT2D eigenvalue weighted by Crippen LogP contribution is 2.36. The highest BCUT2D eigenvalue weighted by molar-refractivity contribution is 7.92. The Hall–Kier alpha value is -2.98. The maximum Gasteiger partial charge on any atom is 0.255 e. The molecule has 10 heteroatoms. The number of benzene rings is 1. The molecule has 0 unspecified atom stereocenters. The van der Waals surface area contributed by atoms with Crippen molar-refractivity contribution in [2.75, 3.05) is 31.2 Å². The van der Waals surface area contributed by atoms with Gasteiger partial charge >= 0.3 is 0 Å². The number of hydrogen-bond acceptors (Lipinski definition) is 6. The molecule has 0 radical (unpaired) electrons. The largest absolute Gasteiger partial charge is 0.437 e. The molecule has 1 aromatic carbocycles. The Balaban J connectivity index is 2.31. The molecule has 3 aromatic rings. The maximum atomic E-state index is 13.4. The van der Waals surface area contributed by atoms with Crippen LogP contribution in [0, 0.1) is 5.82 Å². The zero-order valence-corrected chi connectivity index (χ0v) is 17.7. The predicted octanol–water partition coefficient (Wildman–Crippen LogP) is 2.28. The van der Waals surface area contributed by atoms with Crippen LogP contribution in [-0.4, -0.2) is 46.2 Å². The van der Waals surface area contributed by atoms with Gasteiger partial charge in [-0.15, -0.1) is 0 Å². The molecule has 2 aromatic heterocycles. The number of hydrogen-bond donors (Lipinski definition) is 2. The lowest BCUT2D eigenvalue weighted by molar-refractivity contribution is 0.0964. The molecule has 0 saturated carbocycles. The molecule has 30 heavy (non-hydrogen) atoms. The minimum atomic E-state index is -3.58. The smallest absolute Gasteiger partial charge is 0.255 e. The third-order valence-corrected chi connectivity index (χ3v) is 5.91. The van der Waals surface area contributed by atoms with Crippen LogP contribution in [0.25, 0.3) is 22.4 Å². The number of amides is 1. The summed E-state index contributed by atoms with van der Waals surface area (Å²) >= 11 is 0. The first-order valence-corrected chi connectivity index (χ1v) is 11.1. The van der Waals surface area contributed by atoms with Crippen LogP contribution in [0.4, 0.5) is 10.2 Å². The van der Waals surface area contributed by atoms with E-state index in [1.165, 1.54) is 38.4 Å². The molecular weight excluding hydrogens is 411 g/mol. The standard InChI is InChI=1S/C20H23FN4O4S/c1-23-19(26)16-15-11-13(5-4-10-22)18(25(2)30(3,27)28)24-20(15)29-17(16)12-6-8-14(21)9-7-12/h6-9,11H,4-5,10,22H2,1-3H3,(H,23,26). The Labute approximate surface area is 173 Å². The number of rotatable bonds is 7. The highest BCUT2D eigenvalue weighted by atomic mass is 32.2. The van der Waals surface area contributed by atoms with E-state index in [-0.39, 0.29) is 22.9 Å². The molecule has 0 aliphatic heterocycles. The lowest BCUT2D eigenvalue weighted by Gasteiger charge is -2.19. The van der Waals surface area contributed by atoms with Crippen LogP contribution in [0.1, 0.15) is 22.3 Å². The van der Waals surface area contributed by atoms with Crippen LogP contribution >= 0.6 is 0 Å². The summed E-state index contributed by atoms with van der Waals surface area (Å²) in [5, 5.41) is 3.01. The van der Waals surface area contributed by atoms with E-state index >= 15 is 0 Å². The van der Waals surface area contributed by atoms with Crippen LogP contribution in [0.15, 0.2) is 34.7 Å². The molecule has 1 amide bonds. The van der Waals surface area contributed by atoms with Crippen molar-refractivity contribution in [3.63, 3.8) is 0 Å². The Morgan fingerprint density at radius 2 is 1.97 bits per heavy atom. The minimum absolute atomic E-state index is 0.106. The summed E-state index contributed by atoms with van der Waals surface area (Å²) in [6.07, 6.45) is 2.16. The van der Waals surface area contributed by atoms with Crippen LogP contribution < -0.4 is 15.4 Å². The summed E-state index contributed by atoms with van der Waals surface area (Å²) in [6.45, 7) is 0.411. The summed E-state index contributed by atoms with van der Waals surface area (Å²) in [5.74, 6) is -0.387. The zero-order chi connectivity index (χ0) is 22.1. The number of halogens is 1. The van der Waals surface area contributed by atoms with E-state index in [1.807, 2.05) is 0 Å². The molecule has 3 N–H and O–H groups in total. The SMILES string of the molecule is CNC(=O)c1c(-c2ccc(F)cc2)oc2nc(N(C)S(C)(=O)=O)c(CCCN)cc12. The average molecular weight is 434 g/mol.